The number of rotatable bonds is 2. The summed E-state index contributed by atoms with van der Waals surface area (Å²) < 4.78 is 4.55. The monoisotopic (exact) mass is 410 g/mol. The molecule has 0 aliphatic rings. The van der Waals surface area contributed by atoms with Gasteiger partial charge in [-0.05, 0) is 30.3 Å². The zero-order chi connectivity index (χ0) is 21.1. The fraction of sp³-hybridized carbons (Fsp3) is 0. The van der Waals surface area contributed by atoms with Gasteiger partial charge in [-0.25, -0.2) is 9.97 Å². The highest BCUT2D eigenvalue weighted by molar-refractivity contribution is 6.13. The predicted molar refractivity (Wildman–Crippen MR) is 131 cm³/mol. The second-order valence-electron chi connectivity index (χ2n) is 7.95. The maximum absolute atomic E-state index is 4.86. The Bertz CT molecular complexity index is 1720. The van der Waals surface area contributed by atoms with E-state index in [1.807, 2.05) is 6.07 Å². The smallest absolute Gasteiger partial charge is 0.166 e. The third-order valence-electron chi connectivity index (χ3n) is 6.23. The van der Waals surface area contributed by atoms with E-state index in [9.17, 15) is 0 Å². The Kier molecular flexibility index (Phi) is 3.52. The van der Waals surface area contributed by atoms with E-state index >= 15 is 0 Å². The minimum atomic E-state index is 0.882. The van der Waals surface area contributed by atoms with Gasteiger partial charge in [-0.1, -0.05) is 72.8 Å². The second kappa shape index (κ2) is 6.53. The summed E-state index contributed by atoms with van der Waals surface area (Å²) in [5.41, 5.74) is 6.45. The van der Waals surface area contributed by atoms with Gasteiger partial charge in [-0.3, -0.25) is 4.57 Å². The molecule has 0 saturated carbocycles. The van der Waals surface area contributed by atoms with E-state index in [4.69, 9.17) is 9.97 Å². The van der Waals surface area contributed by atoms with Gasteiger partial charge in [0.15, 0.2) is 5.82 Å². The lowest BCUT2D eigenvalue weighted by Gasteiger charge is -2.12. The van der Waals surface area contributed by atoms with Crippen LogP contribution in [0.1, 0.15) is 0 Å². The molecule has 3 heterocycles. The number of nitrogens with zero attached hydrogens (tertiary/aromatic N) is 4. The first-order chi connectivity index (χ1) is 15.9. The number of benzene rings is 4. The zero-order valence-corrected chi connectivity index (χ0v) is 17.2. The van der Waals surface area contributed by atoms with Crippen molar-refractivity contribution in [3.05, 3.63) is 109 Å². The molecule has 7 aromatic rings. The molecule has 0 N–H and O–H groups in total. The lowest BCUT2D eigenvalue weighted by Crippen LogP contribution is -2.03. The molecule has 0 spiro atoms. The number of aromatic nitrogens is 4. The third-order valence-corrected chi connectivity index (χ3v) is 6.23. The van der Waals surface area contributed by atoms with Crippen LogP contribution in [-0.2, 0) is 0 Å². The second-order valence-corrected chi connectivity index (χ2v) is 7.95. The van der Waals surface area contributed by atoms with Gasteiger partial charge in [0.2, 0.25) is 0 Å². The van der Waals surface area contributed by atoms with Crippen molar-refractivity contribution in [2.45, 2.75) is 0 Å². The molecule has 4 aromatic carbocycles. The summed E-state index contributed by atoms with van der Waals surface area (Å²) in [5, 5.41) is 3.56. The van der Waals surface area contributed by atoms with Crippen LogP contribution in [0.15, 0.2) is 109 Å². The van der Waals surface area contributed by atoms with E-state index in [0.29, 0.717) is 0 Å². The van der Waals surface area contributed by atoms with E-state index in [-0.39, 0.29) is 0 Å². The van der Waals surface area contributed by atoms with Crippen LogP contribution in [0.4, 0.5) is 0 Å². The maximum atomic E-state index is 4.86. The van der Waals surface area contributed by atoms with Crippen molar-refractivity contribution in [3.8, 4) is 11.5 Å². The van der Waals surface area contributed by atoms with E-state index in [1.165, 1.54) is 10.8 Å². The molecule has 32 heavy (non-hydrogen) atoms. The summed E-state index contributed by atoms with van der Waals surface area (Å²) in [4.78, 5) is 9.60. The summed E-state index contributed by atoms with van der Waals surface area (Å²) in [6.07, 6.45) is 1.68. The van der Waals surface area contributed by atoms with Crippen molar-refractivity contribution in [3.63, 3.8) is 0 Å². The molecule has 0 saturated heterocycles. The van der Waals surface area contributed by atoms with Crippen LogP contribution in [0, 0.1) is 0 Å². The molecule has 4 nitrogen and oxygen atoms in total. The first kappa shape index (κ1) is 17.3. The highest BCUT2D eigenvalue weighted by atomic mass is 15.1. The van der Waals surface area contributed by atoms with E-state index in [1.54, 1.807) is 6.33 Å². The molecule has 0 fully saturated rings. The molecular formula is C28H18N4. The van der Waals surface area contributed by atoms with Crippen molar-refractivity contribution >= 4 is 43.7 Å². The quantitative estimate of drug-likeness (QED) is 0.319. The Hall–Kier alpha value is -4.44. The molecule has 4 heteroatoms. The normalized spacial score (nSPS) is 11.8. The largest absolute Gasteiger partial charge is 0.305 e. The van der Waals surface area contributed by atoms with Crippen molar-refractivity contribution < 1.29 is 0 Å². The van der Waals surface area contributed by atoms with Gasteiger partial charge in [0.25, 0.3) is 0 Å². The highest BCUT2D eigenvalue weighted by Crippen LogP contribution is 2.37. The number of fused-ring (bicyclic) bond motifs is 6. The van der Waals surface area contributed by atoms with Gasteiger partial charge in [-0.2, -0.15) is 0 Å². The Balaban J connectivity index is 1.73. The summed E-state index contributed by atoms with van der Waals surface area (Å²) >= 11 is 0. The van der Waals surface area contributed by atoms with Crippen LogP contribution < -0.4 is 0 Å². The standard InChI is InChI=1S/C28H18N4/c1-2-10-19(11-3-1)31-25-17-9-6-14-22(25)26-27(31)28(30-18-29-26)32-23-15-7-4-12-20(23)21-13-5-8-16-24(21)32/h1-18H. The fourth-order valence-electron chi connectivity index (χ4n) is 4.92. The Morgan fingerprint density at radius 3 is 1.66 bits per heavy atom. The van der Waals surface area contributed by atoms with Gasteiger partial charge in [0.05, 0.1) is 16.6 Å². The van der Waals surface area contributed by atoms with Crippen molar-refractivity contribution in [1.29, 1.82) is 0 Å². The lowest BCUT2D eigenvalue weighted by molar-refractivity contribution is 1.04. The Morgan fingerprint density at radius 1 is 0.469 bits per heavy atom. The molecule has 0 bridgehead atoms. The number of hydrogen-bond acceptors (Lipinski definition) is 2. The number of hydrogen-bond donors (Lipinski definition) is 0. The molecule has 0 aliphatic heterocycles. The lowest BCUT2D eigenvalue weighted by atomic mass is 10.2. The molecule has 0 unspecified atom stereocenters. The maximum Gasteiger partial charge on any atom is 0.166 e. The van der Waals surface area contributed by atoms with Crippen LogP contribution in [0.5, 0.6) is 0 Å². The minimum absolute atomic E-state index is 0.882. The van der Waals surface area contributed by atoms with Crippen molar-refractivity contribution in [2.75, 3.05) is 0 Å². The molecule has 0 atom stereocenters. The highest BCUT2D eigenvalue weighted by Gasteiger charge is 2.21. The average molecular weight is 410 g/mol. The van der Waals surface area contributed by atoms with Gasteiger partial charge in [0.1, 0.15) is 17.4 Å². The van der Waals surface area contributed by atoms with Crippen LogP contribution >= 0.6 is 0 Å². The van der Waals surface area contributed by atoms with Gasteiger partial charge in [0, 0.05) is 21.8 Å². The molecule has 0 aliphatic carbocycles. The molecule has 0 radical (unpaired) electrons. The number of para-hydroxylation sites is 4. The predicted octanol–water partition coefficient (Wildman–Crippen LogP) is 6.67. The summed E-state index contributed by atoms with van der Waals surface area (Å²) in [7, 11) is 0. The third kappa shape index (κ3) is 2.26. The van der Waals surface area contributed by atoms with Gasteiger partial charge in [-0.15, -0.1) is 0 Å². The minimum Gasteiger partial charge on any atom is -0.305 e. The van der Waals surface area contributed by atoms with E-state index in [2.05, 4.69) is 106 Å². The van der Waals surface area contributed by atoms with E-state index < -0.39 is 0 Å². The van der Waals surface area contributed by atoms with Crippen LogP contribution in [0.25, 0.3) is 55.2 Å². The average Bonchev–Trinajstić information content (AvgIpc) is 3.38. The Labute approximate surface area is 184 Å². The Morgan fingerprint density at radius 2 is 1.00 bits per heavy atom. The van der Waals surface area contributed by atoms with E-state index in [0.717, 1.165) is 44.5 Å². The summed E-state index contributed by atoms with van der Waals surface area (Å²) in [6.45, 7) is 0. The first-order valence-corrected chi connectivity index (χ1v) is 10.7. The molecule has 0 amide bonds. The fourth-order valence-corrected chi connectivity index (χ4v) is 4.92. The van der Waals surface area contributed by atoms with Crippen LogP contribution in [-0.4, -0.2) is 19.1 Å². The summed E-state index contributed by atoms with van der Waals surface area (Å²) in [5.74, 6) is 0.882. The molecule has 150 valence electrons. The zero-order valence-electron chi connectivity index (χ0n) is 17.2. The molecule has 3 aromatic heterocycles. The van der Waals surface area contributed by atoms with Crippen LogP contribution in [0.2, 0.25) is 0 Å². The van der Waals surface area contributed by atoms with Crippen molar-refractivity contribution in [2.24, 2.45) is 0 Å². The first-order valence-electron chi connectivity index (χ1n) is 10.7. The van der Waals surface area contributed by atoms with Crippen LogP contribution in [0.3, 0.4) is 0 Å². The summed E-state index contributed by atoms with van der Waals surface area (Å²) in [6, 6.07) is 35.9. The van der Waals surface area contributed by atoms with Crippen molar-refractivity contribution in [1.82, 2.24) is 19.1 Å². The molecular weight excluding hydrogens is 392 g/mol. The van der Waals surface area contributed by atoms with Gasteiger partial charge >= 0.3 is 0 Å². The topological polar surface area (TPSA) is 35.6 Å². The SMILES string of the molecule is c1ccc(-n2c3ccccc3c3ncnc(-n4c5ccccc5c5ccccc54)c32)cc1. The van der Waals surface area contributed by atoms with Gasteiger partial charge < -0.3 is 4.57 Å². The molecule has 7 rings (SSSR count).